The van der Waals surface area contributed by atoms with Crippen molar-refractivity contribution in [3.8, 4) is 0 Å². The van der Waals surface area contributed by atoms with Crippen LogP contribution in [0.1, 0.15) is 30.2 Å². The molecular formula is C13H16FNO2. The first-order valence-corrected chi connectivity index (χ1v) is 5.36. The number of aromatic amines is 1. The second-order valence-electron chi connectivity index (χ2n) is 3.92. The minimum Gasteiger partial charge on any atom is -0.508 e. The fourth-order valence-electron chi connectivity index (χ4n) is 1.68. The van der Waals surface area contributed by atoms with Crippen LogP contribution in [0.5, 0.6) is 0 Å². The molecule has 0 spiro atoms. The van der Waals surface area contributed by atoms with Crippen molar-refractivity contribution in [2.45, 2.75) is 25.9 Å². The molecule has 2 N–H and O–H groups in total. The van der Waals surface area contributed by atoms with Gasteiger partial charge >= 0.3 is 0 Å². The molecule has 1 aromatic heterocycles. The maximum absolute atomic E-state index is 12.8. The Morgan fingerprint density at radius 1 is 1.71 bits per heavy atom. The SMILES string of the molecule is C=Cc1[nH]c(=O)cc(CCC(C)F)c1C(=C)O. The monoisotopic (exact) mass is 237 g/mol. The van der Waals surface area contributed by atoms with Gasteiger partial charge in [0.15, 0.2) is 0 Å². The van der Waals surface area contributed by atoms with Gasteiger partial charge in [-0.25, -0.2) is 4.39 Å². The molecule has 1 atom stereocenters. The van der Waals surface area contributed by atoms with Gasteiger partial charge in [0.2, 0.25) is 5.56 Å². The normalized spacial score (nSPS) is 12.1. The number of H-pyrrole nitrogens is 1. The Kier molecular flexibility index (Phi) is 4.26. The van der Waals surface area contributed by atoms with E-state index in [-0.39, 0.29) is 11.3 Å². The summed E-state index contributed by atoms with van der Waals surface area (Å²) in [5.74, 6) is -0.155. The van der Waals surface area contributed by atoms with Crippen LogP contribution >= 0.6 is 0 Å². The molecule has 0 saturated heterocycles. The molecule has 0 aromatic carbocycles. The van der Waals surface area contributed by atoms with Gasteiger partial charge in [0.1, 0.15) is 5.76 Å². The third-order valence-corrected chi connectivity index (χ3v) is 2.46. The molecular weight excluding hydrogens is 221 g/mol. The number of aliphatic hydroxyl groups is 1. The molecule has 0 aliphatic heterocycles. The number of halogens is 1. The Balaban J connectivity index is 3.25. The predicted octanol–water partition coefficient (Wildman–Crippen LogP) is 2.84. The number of alkyl halides is 1. The Hall–Kier alpha value is -1.84. The van der Waals surface area contributed by atoms with E-state index < -0.39 is 6.17 Å². The van der Waals surface area contributed by atoms with E-state index in [1.807, 2.05) is 0 Å². The lowest BCUT2D eigenvalue weighted by Gasteiger charge is -2.11. The van der Waals surface area contributed by atoms with Gasteiger partial charge in [-0.15, -0.1) is 0 Å². The number of hydrogen-bond acceptors (Lipinski definition) is 2. The highest BCUT2D eigenvalue weighted by molar-refractivity contribution is 5.68. The zero-order chi connectivity index (χ0) is 13.0. The molecule has 4 heteroatoms. The van der Waals surface area contributed by atoms with Crippen molar-refractivity contribution in [2.24, 2.45) is 0 Å². The van der Waals surface area contributed by atoms with Gasteiger partial charge in [-0.1, -0.05) is 13.2 Å². The standard InChI is InChI=1S/C13H16FNO2/c1-4-11-13(9(3)16)10(6-5-8(2)14)7-12(17)15-11/h4,7-8,16H,1,3,5-6H2,2H3,(H,15,17). The molecule has 0 bridgehead atoms. The smallest absolute Gasteiger partial charge is 0.248 e. The molecule has 3 nitrogen and oxygen atoms in total. The van der Waals surface area contributed by atoms with E-state index in [1.54, 1.807) is 0 Å². The van der Waals surface area contributed by atoms with Crippen LogP contribution in [0.3, 0.4) is 0 Å². The fourth-order valence-corrected chi connectivity index (χ4v) is 1.68. The number of hydrogen-bond donors (Lipinski definition) is 2. The van der Waals surface area contributed by atoms with Gasteiger partial charge in [0, 0.05) is 11.6 Å². The summed E-state index contributed by atoms with van der Waals surface area (Å²) in [7, 11) is 0. The summed E-state index contributed by atoms with van der Waals surface area (Å²) in [6.45, 7) is 8.45. The lowest BCUT2D eigenvalue weighted by Crippen LogP contribution is -2.12. The van der Waals surface area contributed by atoms with Crippen molar-refractivity contribution in [3.05, 3.63) is 46.4 Å². The van der Waals surface area contributed by atoms with Crippen molar-refractivity contribution < 1.29 is 9.50 Å². The predicted molar refractivity (Wildman–Crippen MR) is 67.7 cm³/mol. The first-order chi connectivity index (χ1) is 7.95. The second-order valence-corrected chi connectivity index (χ2v) is 3.92. The Bertz CT molecular complexity index is 489. The van der Waals surface area contributed by atoms with Crippen molar-refractivity contribution >= 4 is 11.8 Å². The Labute approximate surface area is 99.3 Å². The first-order valence-electron chi connectivity index (χ1n) is 5.36. The number of rotatable bonds is 5. The molecule has 0 radical (unpaired) electrons. The largest absolute Gasteiger partial charge is 0.508 e. The van der Waals surface area contributed by atoms with E-state index in [4.69, 9.17) is 0 Å². The summed E-state index contributed by atoms with van der Waals surface area (Å²) in [6.07, 6.45) is 1.14. The fraction of sp³-hybridized carbons (Fsp3) is 0.308. The topological polar surface area (TPSA) is 53.1 Å². The number of nitrogens with one attached hydrogen (secondary N) is 1. The highest BCUT2D eigenvalue weighted by Gasteiger charge is 2.12. The zero-order valence-electron chi connectivity index (χ0n) is 9.79. The number of pyridine rings is 1. The molecule has 0 saturated carbocycles. The molecule has 0 amide bonds. The highest BCUT2D eigenvalue weighted by Crippen LogP contribution is 2.20. The lowest BCUT2D eigenvalue weighted by atomic mass is 9.99. The highest BCUT2D eigenvalue weighted by atomic mass is 19.1. The average Bonchev–Trinajstić information content (AvgIpc) is 2.24. The van der Waals surface area contributed by atoms with E-state index in [0.29, 0.717) is 29.7 Å². The second kappa shape index (κ2) is 5.48. The van der Waals surface area contributed by atoms with E-state index in [2.05, 4.69) is 18.1 Å². The molecule has 1 aromatic rings. The summed E-state index contributed by atoms with van der Waals surface area (Å²) in [5, 5.41) is 9.51. The quantitative estimate of drug-likeness (QED) is 0.774. The maximum atomic E-state index is 12.8. The molecule has 0 aliphatic rings. The summed E-state index contributed by atoms with van der Waals surface area (Å²) in [4.78, 5) is 13.9. The Morgan fingerprint density at radius 3 is 2.82 bits per heavy atom. The summed E-state index contributed by atoms with van der Waals surface area (Å²) in [5.41, 5.74) is 1.12. The first kappa shape index (κ1) is 13.2. The summed E-state index contributed by atoms with van der Waals surface area (Å²) < 4.78 is 12.8. The van der Waals surface area contributed by atoms with Crippen molar-refractivity contribution in [1.29, 1.82) is 0 Å². The third-order valence-electron chi connectivity index (χ3n) is 2.46. The van der Waals surface area contributed by atoms with E-state index in [0.717, 1.165) is 0 Å². The van der Waals surface area contributed by atoms with Gasteiger partial charge in [0.25, 0.3) is 0 Å². The van der Waals surface area contributed by atoms with Crippen molar-refractivity contribution in [3.63, 3.8) is 0 Å². The third kappa shape index (κ3) is 3.31. The van der Waals surface area contributed by atoms with Crippen LogP contribution in [0.2, 0.25) is 0 Å². The van der Waals surface area contributed by atoms with Crippen LogP contribution in [0, 0.1) is 0 Å². The van der Waals surface area contributed by atoms with Gasteiger partial charge in [-0.05, 0) is 31.4 Å². The van der Waals surface area contributed by atoms with Crippen LogP contribution in [0.25, 0.3) is 11.8 Å². The Morgan fingerprint density at radius 2 is 2.35 bits per heavy atom. The maximum Gasteiger partial charge on any atom is 0.248 e. The molecule has 17 heavy (non-hydrogen) atoms. The van der Waals surface area contributed by atoms with E-state index in [9.17, 15) is 14.3 Å². The average molecular weight is 237 g/mol. The number of aryl methyl sites for hydroxylation is 1. The zero-order valence-corrected chi connectivity index (χ0v) is 9.79. The molecule has 0 fully saturated rings. The minimum absolute atomic E-state index is 0.155. The van der Waals surface area contributed by atoms with Crippen molar-refractivity contribution in [1.82, 2.24) is 4.98 Å². The molecule has 1 unspecified atom stereocenters. The van der Waals surface area contributed by atoms with Crippen LogP contribution in [-0.4, -0.2) is 16.3 Å². The summed E-state index contributed by atoms with van der Waals surface area (Å²) >= 11 is 0. The number of aromatic nitrogens is 1. The molecule has 1 rings (SSSR count). The van der Waals surface area contributed by atoms with Crippen molar-refractivity contribution in [2.75, 3.05) is 0 Å². The van der Waals surface area contributed by atoms with Crippen LogP contribution in [0.4, 0.5) is 4.39 Å². The molecule has 1 heterocycles. The lowest BCUT2D eigenvalue weighted by molar-refractivity contribution is 0.341. The molecule has 0 aliphatic carbocycles. The van der Waals surface area contributed by atoms with Crippen LogP contribution in [0.15, 0.2) is 24.0 Å². The van der Waals surface area contributed by atoms with Gasteiger partial charge in [-0.3, -0.25) is 4.79 Å². The van der Waals surface area contributed by atoms with Gasteiger partial charge in [-0.2, -0.15) is 0 Å². The van der Waals surface area contributed by atoms with Crippen LogP contribution < -0.4 is 5.56 Å². The van der Waals surface area contributed by atoms with Crippen LogP contribution in [-0.2, 0) is 6.42 Å². The minimum atomic E-state index is -0.957. The van der Waals surface area contributed by atoms with Gasteiger partial charge < -0.3 is 10.1 Å². The number of aliphatic hydroxyl groups excluding tert-OH is 1. The molecule has 92 valence electrons. The summed E-state index contributed by atoms with van der Waals surface area (Å²) in [6, 6.07) is 1.35. The van der Waals surface area contributed by atoms with E-state index in [1.165, 1.54) is 19.1 Å². The van der Waals surface area contributed by atoms with Gasteiger partial charge in [0.05, 0.1) is 11.9 Å². The van der Waals surface area contributed by atoms with E-state index >= 15 is 0 Å².